The van der Waals surface area contributed by atoms with E-state index >= 15 is 0 Å². The normalized spacial score (nSPS) is 11.3. The van der Waals surface area contributed by atoms with Crippen molar-refractivity contribution in [3.63, 3.8) is 0 Å². The lowest BCUT2D eigenvalue weighted by molar-refractivity contribution is 0.101. The number of nitrogens with one attached hydrogen (secondary N) is 8. The summed E-state index contributed by atoms with van der Waals surface area (Å²) >= 11 is 0. The van der Waals surface area contributed by atoms with Gasteiger partial charge in [-0.3, -0.25) is 38.4 Å². The lowest BCUT2D eigenvalue weighted by atomic mass is 9.86. The minimum atomic E-state index is -0.379. The lowest BCUT2D eigenvalue weighted by Crippen LogP contribution is -2.20. The van der Waals surface area contributed by atoms with Gasteiger partial charge < -0.3 is 46.1 Å². The van der Waals surface area contributed by atoms with Crippen molar-refractivity contribution in [1.82, 2.24) is 59.8 Å². The molecule has 0 fully saturated rings. The van der Waals surface area contributed by atoms with Crippen molar-refractivity contribution in [3.8, 4) is 45.0 Å². The highest BCUT2D eigenvalue weighted by atomic mass is 16.2. The molecular formula is C97H107N17O8. The van der Waals surface area contributed by atoms with Crippen molar-refractivity contribution >= 4 is 52.3 Å². The minimum Gasteiger partial charge on any atom is -0.347 e. The molecule has 0 spiro atoms. The molecule has 8 N–H and O–H groups in total. The molecule has 5 aromatic carbocycles. The molecule has 122 heavy (non-hydrogen) atoms. The van der Waals surface area contributed by atoms with Gasteiger partial charge in [0, 0.05) is 127 Å². The van der Waals surface area contributed by atoms with Crippen molar-refractivity contribution in [2.24, 2.45) is 5.92 Å². The molecule has 0 aliphatic rings. The van der Waals surface area contributed by atoms with Crippen LogP contribution in [0, 0.1) is 5.92 Å². The van der Waals surface area contributed by atoms with E-state index in [4.69, 9.17) is 0 Å². The maximum Gasteiger partial charge on any atom is 0.271 e. The monoisotopic (exact) mass is 1640 g/mol. The van der Waals surface area contributed by atoms with E-state index in [0.717, 1.165) is 65.4 Å². The summed E-state index contributed by atoms with van der Waals surface area (Å²) < 4.78 is 0. The third-order valence-electron chi connectivity index (χ3n) is 19.5. The van der Waals surface area contributed by atoms with Crippen LogP contribution in [0.25, 0.3) is 45.0 Å². The minimum absolute atomic E-state index is 0.00201. The Morgan fingerprint density at radius 1 is 0.352 bits per heavy atom. The Morgan fingerprint density at radius 2 is 0.631 bits per heavy atom. The van der Waals surface area contributed by atoms with Gasteiger partial charge in [-0.1, -0.05) is 183 Å². The maximum absolute atomic E-state index is 12.8. The summed E-state index contributed by atoms with van der Waals surface area (Å²) in [4.78, 5) is 148. The van der Waals surface area contributed by atoms with Gasteiger partial charge in [-0.05, 0) is 165 Å². The maximum atomic E-state index is 12.8. The number of hydrogen-bond donors (Lipinski definition) is 8. The highest BCUT2D eigenvalue weighted by molar-refractivity contribution is 6.06. The van der Waals surface area contributed by atoms with Crippen LogP contribution in [-0.4, -0.2) is 97.5 Å². The van der Waals surface area contributed by atoms with Gasteiger partial charge in [-0.15, -0.1) is 0 Å². The van der Waals surface area contributed by atoms with E-state index in [2.05, 4.69) is 197 Å². The molecule has 8 aromatic heterocycles. The molecule has 13 rings (SSSR count). The van der Waals surface area contributed by atoms with E-state index in [0.29, 0.717) is 85.6 Å². The highest BCUT2D eigenvalue weighted by Gasteiger charge is 2.22. The predicted molar refractivity (Wildman–Crippen MR) is 485 cm³/mol. The molecular weight excluding hydrogens is 1530 g/mol. The summed E-state index contributed by atoms with van der Waals surface area (Å²) in [7, 11) is 3.70. The first-order valence-electron chi connectivity index (χ1n) is 40.5. The summed E-state index contributed by atoms with van der Waals surface area (Å²) in [6, 6.07) is 53.5. The van der Waals surface area contributed by atoms with Crippen LogP contribution in [0.3, 0.4) is 0 Å². The SMILES string of the molecule is CC(C)(C)c1ccc(C(=O)Nc2cc(-c3ccnc(CCc4ccccc4)n3)c[nH]c2=O)cc1.CC(C)Cc1nccc(-c2c[nH]c(=O)c(NC(=O)c3ccc(C(C)(C)C)cc3)c2)n1.CCCc1nccc(-c2c[nH]c(=O)c(NC(=O)c3ccc(C(C)(C)C)cc3)c2)n1.CN(C)c1nccc(-c2c[nH]c(=O)c(NC(=O)c3ccc(C(C)(C)C)cc3)c2)n1. The number of H-pyrrole nitrogens is 4. The fourth-order valence-corrected chi connectivity index (χ4v) is 12.4. The quantitative estimate of drug-likeness (QED) is 0.0351. The van der Waals surface area contributed by atoms with Crippen LogP contribution in [0.4, 0.5) is 28.7 Å². The second kappa shape index (κ2) is 40.1. The summed E-state index contributed by atoms with van der Waals surface area (Å²) in [6.07, 6.45) is 17.2. The second-order valence-electron chi connectivity index (χ2n) is 34.2. The van der Waals surface area contributed by atoms with Gasteiger partial charge in [0.15, 0.2) is 0 Å². The molecule has 0 radical (unpaired) electrons. The standard InChI is InChI=1S/C28H28N4O2.C24H28N4O2.C23H26N4O2.C22H25N5O2/c1-28(2,3)22-12-10-20(11-13-22)26(33)32-24-17-21(18-30-27(24)34)23-15-16-29-25(31-23)14-9-19-7-5-4-6-8-19;1-15(2)12-21-25-11-10-19(27-21)17-13-20(23(30)26-14-17)28-22(29)16-6-8-18(9-7-16)24(3,4)5;1-5-6-20-24-12-11-18(26-20)16-13-19(22(29)25-14-16)27-21(28)15-7-9-17(10-8-15)23(2,3)4;1-22(2,3)16-8-6-14(7-9-16)19(28)25-18-12-15(13-24-20(18)29)17-10-11-23-21(26-17)27(4)5/h4-8,10-13,15-18H,9,14H2,1-3H3,(H,30,34)(H,32,33);6-11,13-15H,12H2,1-5H3,(H,26,30)(H,28,29);7-14H,5-6H2,1-4H3,(H,25,29)(H,27,28);6-13H,1-5H3,(H,24,29)(H,25,28). The van der Waals surface area contributed by atoms with Crippen molar-refractivity contribution < 1.29 is 19.2 Å². The van der Waals surface area contributed by atoms with E-state index in [1.54, 1.807) is 152 Å². The Morgan fingerprint density at radius 3 is 0.918 bits per heavy atom. The second-order valence-corrected chi connectivity index (χ2v) is 34.2. The molecule has 25 heteroatoms. The lowest BCUT2D eigenvalue weighted by Gasteiger charge is -2.19. The number of amides is 4. The Labute approximate surface area is 710 Å². The summed E-state index contributed by atoms with van der Waals surface area (Å²) in [6.45, 7) is 31.7. The van der Waals surface area contributed by atoms with E-state index in [-0.39, 0.29) is 90.3 Å². The zero-order chi connectivity index (χ0) is 88.2. The van der Waals surface area contributed by atoms with Crippen LogP contribution >= 0.6 is 0 Å². The van der Waals surface area contributed by atoms with Crippen molar-refractivity contribution in [2.75, 3.05) is 40.3 Å². The summed E-state index contributed by atoms with van der Waals surface area (Å²) in [5.41, 5.74) is 12.5. The molecule has 25 nitrogen and oxygen atoms in total. The third-order valence-corrected chi connectivity index (χ3v) is 19.5. The number of carbonyl (C=O) groups excluding carboxylic acids is 4. The number of aromatic nitrogens is 12. The number of carbonyl (C=O) groups is 4. The third kappa shape index (κ3) is 25.5. The van der Waals surface area contributed by atoms with E-state index < -0.39 is 0 Å². The van der Waals surface area contributed by atoms with Crippen LogP contribution in [0.15, 0.2) is 245 Å². The smallest absolute Gasteiger partial charge is 0.271 e. The number of benzene rings is 5. The van der Waals surface area contributed by atoms with Gasteiger partial charge in [0.25, 0.3) is 45.9 Å². The summed E-state index contributed by atoms with van der Waals surface area (Å²) in [5, 5.41) is 10.8. The average Bonchev–Trinajstić information content (AvgIpc) is 0.954. The Bertz CT molecular complexity index is 6050. The molecule has 8 heterocycles. The Balaban J connectivity index is 0.000000171. The number of aromatic amines is 4. The average molecular weight is 1640 g/mol. The first kappa shape index (κ1) is 90.2. The highest BCUT2D eigenvalue weighted by Crippen LogP contribution is 2.29. The molecule has 0 unspecified atom stereocenters. The van der Waals surface area contributed by atoms with E-state index in [1.165, 1.54) is 5.56 Å². The molecule has 0 saturated heterocycles. The van der Waals surface area contributed by atoms with Gasteiger partial charge in [0.05, 0.1) is 22.8 Å². The van der Waals surface area contributed by atoms with Crippen LogP contribution < -0.4 is 48.4 Å². The first-order chi connectivity index (χ1) is 57.8. The molecule has 0 saturated carbocycles. The number of anilines is 5. The molecule has 0 atom stereocenters. The Hall–Kier alpha value is -14.1. The molecule has 4 amide bonds. The fourth-order valence-electron chi connectivity index (χ4n) is 12.4. The van der Waals surface area contributed by atoms with Crippen LogP contribution in [0.1, 0.15) is 197 Å². The van der Waals surface area contributed by atoms with E-state index in [1.807, 2.05) is 80.8 Å². The van der Waals surface area contributed by atoms with Crippen LogP contribution in [0.2, 0.25) is 0 Å². The van der Waals surface area contributed by atoms with Gasteiger partial charge in [0.1, 0.15) is 40.2 Å². The van der Waals surface area contributed by atoms with Gasteiger partial charge >= 0.3 is 0 Å². The van der Waals surface area contributed by atoms with Crippen LogP contribution in [0.5, 0.6) is 0 Å². The molecule has 13 aromatic rings. The molecule has 0 bridgehead atoms. The van der Waals surface area contributed by atoms with Crippen molar-refractivity contribution in [3.05, 3.63) is 334 Å². The van der Waals surface area contributed by atoms with Crippen LogP contribution in [-0.2, 0) is 47.3 Å². The van der Waals surface area contributed by atoms with Gasteiger partial charge in [0.2, 0.25) is 5.95 Å². The zero-order valence-corrected chi connectivity index (χ0v) is 72.3. The number of pyridine rings is 4. The van der Waals surface area contributed by atoms with Crippen molar-refractivity contribution in [2.45, 2.75) is 158 Å². The zero-order valence-electron chi connectivity index (χ0n) is 72.3. The number of rotatable bonds is 20. The number of hydrogen-bond acceptors (Lipinski definition) is 17. The first-order valence-corrected chi connectivity index (χ1v) is 40.5. The molecule has 0 aliphatic heterocycles. The number of aryl methyl sites for hydroxylation is 3. The largest absolute Gasteiger partial charge is 0.347 e. The fraction of sp³-hybridized carbons (Fsp3) is 0.278. The molecule has 0 aliphatic carbocycles. The van der Waals surface area contributed by atoms with Gasteiger partial charge in [-0.2, -0.15) is 0 Å². The van der Waals surface area contributed by atoms with Gasteiger partial charge in [-0.25, -0.2) is 39.9 Å². The number of nitrogens with zero attached hydrogens (tertiary/aromatic N) is 9. The topological polar surface area (TPSA) is 354 Å². The predicted octanol–water partition coefficient (Wildman–Crippen LogP) is 17.5. The summed E-state index contributed by atoms with van der Waals surface area (Å²) in [5.74, 6) is 1.87. The van der Waals surface area contributed by atoms with Crippen molar-refractivity contribution in [1.29, 1.82) is 0 Å². The Kier molecular flexibility index (Phi) is 29.7. The van der Waals surface area contributed by atoms with E-state index in [9.17, 15) is 38.4 Å². The molecule has 628 valence electrons.